The standard InChI is InChI=1S/C17H24N6O/c1-13-5-4-8-22(10-13)11-14(2)19-17(24)15-6-3-7-16(9-15)23-12-18-20-21-23/h3,6-7,9,12-14H,4-5,8,10-11H2,1-2H3,(H,19,24)/t13-,14+/m1/s1. The lowest BCUT2D eigenvalue weighted by molar-refractivity contribution is 0.0920. The molecule has 2 atom stereocenters. The van der Waals surface area contributed by atoms with E-state index in [1.807, 2.05) is 12.1 Å². The second-order valence-electron chi connectivity index (χ2n) is 6.69. The first-order valence-electron chi connectivity index (χ1n) is 8.48. The van der Waals surface area contributed by atoms with Gasteiger partial charge in [0.15, 0.2) is 0 Å². The Hall–Kier alpha value is -2.28. The topological polar surface area (TPSA) is 75.9 Å². The van der Waals surface area contributed by atoms with Gasteiger partial charge in [0, 0.05) is 24.7 Å². The van der Waals surface area contributed by atoms with E-state index in [2.05, 4.69) is 39.6 Å². The highest BCUT2D eigenvalue weighted by Gasteiger charge is 2.19. The molecule has 0 unspecified atom stereocenters. The number of tetrazole rings is 1. The second kappa shape index (κ2) is 7.53. The first-order valence-corrected chi connectivity index (χ1v) is 8.48. The minimum Gasteiger partial charge on any atom is -0.348 e. The van der Waals surface area contributed by atoms with E-state index in [1.54, 1.807) is 12.1 Å². The second-order valence-corrected chi connectivity index (χ2v) is 6.69. The molecule has 2 aromatic rings. The lowest BCUT2D eigenvalue weighted by Crippen LogP contribution is -2.45. The molecule has 0 saturated carbocycles. The van der Waals surface area contributed by atoms with Crippen molar-refractivity contribution in [1.29, 1.82) is 0 Å². The van der Waals surface area contributed by atoms with E-state index < -0.39 is 0 Å². The fourth-order valence-corrected chi connectivity index (χ4v) is 3.26. The first kappa shape index (κ1) is 16.6. The number of hydrogen-bond donors (Lipinski definition) is 1. The molecule has 1 saturated heterocycles. The Morgan fingerprint density at radius 1 is 1.46 bits per heavy atom. The summed E-state index contributed by atoms with van der Waals surface area (Å²) in [6, 6.07) is 7.41. The molecule has 1 amide bonds. The quantitative estimate of drug-likeness (QED) is 0.900. The van der Waals surface area contributed by atoms with Crippen molar-refractivity contribution in [1.82, 2.24) is 30.4 Å². The molecular weight excluding hydrogens is 304 g/mol. The minimum absolute atomic E-state index is 0.0671. The SMILES string of the molecule is C[C@@H]1CCCN(C[C@H](C)NC(=O)c2cccc(-n3cnnn3)c2)C1. The molecule has 1 aromatic carbocycles. The third-order valence-electron chi connectivity index (χ3n) is 4.37. The van der Waals surface area contributed by atoms with Crippen molar-refractivity contribution in [2.75, 3.05) is 19.6 Å². The summed E-state index contributed by atoms with van der Waals surface area (Å²) in [5, 5.41) is 14.2. The summed E-state index contributed by atoms with van der Waals surface area (Å²) in [5.41, 5.74) is 1.38. The number of piperidine rings is 1. The molecule has 0 bridgehead atoms. The van der Waals surface area contributed by atoms with Crippen molar-refractivity contribution in [2.45, 2.75) is 32.7 Å². The number of carbonyl (C=O) groups excluding carboxylic acids is 1. The molecule has 7 heteroatoms. The van der Waals surface area contributed by atoms with Crippen LogP contribution >= 0.6 is 0 Å². The Bertz CT molecular complexity index is 671. The largest absolute Gasteiger partial charge is 0.348 e. The zero-order valence-electron chi connectivity index (χ0n) is 14.2. The van der Waals surface area contributed by atoms with Crippen LogP contribution in [0.3, 0.4) is 0 Å². The Morgan fingerprint density at radius 2 is 2.33 bits per heavy atom. The van der Waals surface area contributed by atoms with Gasteiger partial charge in [0.2, 0.25) is 0 Å². The number of nitrogens with zero attached hydrogens (tertiary/aromatic N) is 5. The summed E-state index contributed by atoms with van der Waals surface area (Å²) < 4.78 is 1.54. The number of rotatable bonds is 5. The minimum atomic E-state index is -0.0671. The average molecular weight is 328 g/mol. The zero-order chi connectivity index (χ0) is 16.9. The Morgan fingerprint density at radius 3 is 3.08 bits per heavy atom. The van der Waals surface area contributed by atoms with Crippen molar-refractivity contribution in [3.05, 3.63) is 36.2 Å². The van der Waals surface area contributed by atoms with Crippen LogP contribution in [0.5, 0.6) is 0 Å². The zero-order valence-corrected chi connectivity index (χ0v) is 14.2. The highest BCUT2D eigenvalue weighted by Crippen LogP contribution is 2.15. The van der Waals surface area contributed by atoms with Crippen LogP contribution in [0.15, 0.2) is 30.6 Å². The van der Waals surface area contributed by atoms with Crippen LogP contribution in [0, 0.1) is 5.92 Å². The molecule has 1 aromatic heterocycles. The smallest absolute Gasteiger partial charge is 0.251 e. The van der Waals surface area contributed by atoms with Crippen LogP contribution in [-0.2, 0) is 0 Å². The van der Waals surface area contributed by atoms with E-state index >= 15 is 0 Å². The van der Waals surface area contributed by atoms with Gasteiger partial charge in [0.05, 0.1) is 5.69 Å². The first-order chi connectivity index (χ1) is 11.6. The number of carbonyl (C=O) groups is 1. The van der Waals surface area contributed by atoms with Gasteiger partial charge in [-0.3, -0.25) is 4.79 Å². The molecule has 7 nitrogen and oxygen atoms in total. The van der Waals surface area contributed by atoms with Crippen molar-refractivity contribution < 1.29 is 4.79 Å². The molecule has 128 valence electrons. The van der Waals surface area contributed by atoms with Gasteiger partial charge in [-0.1, -0.05) is 13.0 Å². The van der Waals surface area contributed by atoms with Crippen LogP contribution in [0.4, 0.5) is 0 Å². The predicted molar refractivity (Wildman–Crippen MR) is 90.9 cm³/mol. The van der Waals surface area contributed by atoms with Gasteiger partial charge in [0.1, 0.15) is 6.33 Å². The van der Waals surface area contributed by atoms with Gasteiger partial charge >= 0.3 is 0 Å². The molecular formula is C17H24N6O. The van der Waals surface area contributed by atoms with Crippen molar-refractivity contribution in [3.63, 3.8) is 0 Å². The van der Waals surface area contributed by atoms with Crippen molar-refractivity contribution in [2.24, 2.45) is 5.92 Å². The number of benzene rings is 1. The summed E-state index contributed by atoms with van der Waals surface area (Å²) in [4.78, 5) is 14.9. The van der Waals surface area contributed by atoms with E-state index in [9.17, 15) is 4.79 Å². The van der Waals surface area contributed by atoms with Crippen molar-refractivity contribution in [3.8, 4) is 5.69 Å². The summed E-state index contributed by atoms with van der Waals surface area (Å²) >= 11 is 0. The van der Waals surface area contributed by atoms with Gasteiger partial charge in [-0.2, -0.15) is 0 Å². The van der Waals surface area contributed by atoms with E-state index in [-0.39, 0.29) is 11.9 Å². The fraction of sp³-hybridized carbons (Fsp3) is 0.529. The molecule has 0 aliphatic carbocycles. The third kappa shape index (κ3) is 4.17. The molecule has 0 radical (unpaired) electrons. The maximum absolute atomic E-state index is 12.5. The van der Waals surface area contributed by atoms with E-state index in [1.165, 1.54) is 23.9 Å². The monoisotopic (exact) mass is 328 g/mol. The van der Waals surface area contributed by atoms with Crippen LogP contribution in [0.2, 0.25) is 0 Å². The maximum Gasteiger partial charge on any atom is 0.251 e. The van der Waals surface area contributed by atoms with Gasteiger partial charge < -0.3 is 10.2 Å². The van der Waals surface area contributed by atoms with Crippen LogP contribution in [-0.4, -0.2) is 56.7 Å². The van der Waals surface area contributed by atoms with Gasteiger partial charge in [0.25, 0.3) is 5.91 Å². The van der Waals surface area contributed by atoms with Crippen LogP contribution in [0.1, 0.15) is 37.0 Å². The van der Waals surface area contributed by atoms with E-state index in [0.29, 0.717) is 5.56 Å². The maximum atomic E-state index is 12.5. The molecule has 1 fully saturated rings. The Labute approximate surface area is 142 Å². The average Bonchev–Trinajstić information content (AvgIpc) is 3.09. The lowest BCUT2D eigenvalue weighted by atomic mass is 10.00. The summed E-state index contributed by atoms with van der Waals surface area (Å²) in [7, 11) is 0. The molecule has 1 N–H and O–H groups in total. The number of hydrogen-bond acceptors (Lipinski definition) is 5. The van der Waals surface area contributed by atoms with Gasteiger partial charge in [-0.05, 0) is 60.9 Å². The molecule has 3 rings (SSSR count). The van der Waals surface area contributed by atoms with Crippen LogP contribution < -0.4 is 5.32 Å². The number of likely N-dealkylation sites (tertiary alicyclic amines) is 1. The van der Waals surface area contributed by atoms with Gasteiger partial charge in [-0.15, -0.1) is 5.10 Å². The normalized spacial score (nSPS) is 19.8. The third-order valence-corrected chi connectivity index (χ3v) is 4.37. The number of nitrogens with one attached hydrogen (secondary N) is 1. The molecule has 1 aliphatic rings. The summed E-state index contributed by atoms with van der Waals surface area (Å²) in [6.07, 6.45) is 4.06. The fourth-order valence-electron chi connectivity index (χ4n) is 3.26. The summed E-state index contributed by atoms with van der Waals surface area (Å²) in [5.74, 6) is 0.678. The highest BCUT2D eigenvalue weighted by molar-refractivity contribution is 5.94. The highest BCUT2D eigenvalue weighted by atomic mass is 16.1. The molecule has 1 aliphatic heterocycles. The molecule has 0 spiro atoms. The number of amides is 1. The predicted octanol–water partition coefficient (Wildman–Crippen LogP) is 1.51. The molecule has 24 heavy (non-hydrogen) atoms. The van der Waals surface area contributed by atoms with Crippen molar-refractivity contribution >= 4 is 5.91 Å². The summed E-state index contributed by atoms with van der Waals surface area (Å²) in [6.45, 7) is 7.49. The lowest BCUT2D eigenvalue weighted by Gasteiger charge is -2.32. The van der Waals surface area contributed by atoms with Crippen LogP contribution in [0.25, 0.3) is 5.69 Å². The Kier molecular flexibility index (Phi) is 5.20. The Balaban J connectivity index is 1.59. The van der Waals surface area contributed by atoms with Gasteiger partial charge in [-0.25, -0.2) is 4.68 Å². The number of aromatic nitrogens is 4. The van der Waals surface area contributed by atoms with E-state index in [0.717, 1.165) is 31.2 Å². The molecule has 2 heterocycles. The van der Waals surface area contributed by atoms with E-state index in [4.69, 9.17) is 0 Å².